The molecule has 0 aliphatic carbocycles. The molecule has 0 N–H and O–H groups in total. The molecule has 0 amide bonds. The zero-order valence-electron chi connectivity index (χ0n) is 25.6. The second-order valence-electron chi connectivity index (χ2n) is 11.6. The highest BCUT2D eigenvalue weighted by molar-refractivity contribution is 7.13. The molecular formula is C42H26N4S2. The normalized spacial score (nSPS) is 11.3. The van der Waals surface area contributed by atoms with Crippen molar-refractivity contribution in [2.45, 2.75) is 0 Å². The molecule has 5 aromatic carbocycles. The Bertz CT molecular complexity index is 2560. The third kappa shape index (κ3) is 4.99. The maximum atomic E-state index is 4.74. The number of fused-ring (bicyclic) bond motifs is 2. The van der Waals surface area contributed by atoms with Gasteiger partial charge in [-0.05, 0) is 96.4 Å². The van der Waals surface area contributed by atoms with Gasteiger partial charge in [0.15, 0.2) is 0 Å². The summed E-state index contributed by atoms with van der Waals surface area (Å²) in [5.41, 5.74) is 15.0. The summed E-state index contributed by atoms with van der Waals surface area (Å²) in [6.45, 7) is 0. The van der Waals surface area contributed by atoms with Crippen molar-refractivity contribution in [1.82, 2.24) is 19.9 Å². The van der Waals surface area contributed by atoms with Crippen molar-refractivity contribution in [3.8, 4) is 65.6 Å². The van der Waals surface area contributed by atoms with Crippen molar-refractivity contribution in [2.75, 3.05) is 0 Å². The number of thiazole rings is 2. The van der Waals surface area contributed by atoms with E-state index in [4.69, 9.17) is 9.97 Å². The molecule has 0 bridgehead atoms. The summed E-state index contributed by atoms with van der Waals surface area (Å²) in [7, 11) is 0. The predicted octanol–water partition coefficient (Wildman–Crippen LogP) is 11.7. The van der Waals surface area contributed by atoms with Crippen LogP contribution in [0.5, 0.6) is 0 Å². The van der Waals surface area contributed by atoms with Gasteiger partial charge in [-0.15, -0.1) is 22.7 Å². The molecule has 0 unspecified atom stereocenters. The Hall–Kier alpha value is -5.82. The summed E-state index contributed by atoms with van der Waals surface area (Å²) in [6.07, 6.45) is 7.60. The molecule has 9 rings (SSSR count). The molecule has 0 aliphatic rings. The molecule has 0 saturated carbocycles. The van der Waals surface area contributed by atoms with Gasteiger partial charge in [0.05, 0.1) is 32.2 Å². The molecule has 4 heterocycles. The maximum absolute atomic E-state index is 4.74. The molecule has 0 radical (unpaired) electrons. The molecule has 48 heavy (non-hydrogen) atoms. The van der Waals surface area contributed by atoms with E-state index in [0.29, 0.717) is 0 Å². The highest BCUT2D eigenvalue weighted by Crippen LogP contribution is 2.46. The first-order valence-electron chi connectivity index (χ1n) is 15.7. The molecule has 0 spiro atoms. The quantitative estimate of drug-likeness (QED) is 0.168. The Morgan fingerprint density at radius 1 is 0.396 bits per heavy atom. The minimum absolute atomic E-state index is 0.921. The summed E-state index contributed by atoms with van der Waals surface area (Å²) >= 11 is 3.21. The second kappa shape index (κ2) is 12.1. The van der Waals surface area contributed by atoms with Gasteiger partial charge in [0.1, 0.15) is 0 Å². The maximum Gasteiger partial charge on any atom is 0.0824 e. The van der Waals surface area contributed by atoms with Gasteiger partial charge in [0, 0.05) is 24.8 Å². The van der Waals surface area contributed by atoms with E-state index >= 15 is 0 Å². The van der Waals surface area contributed by atoms with Crippen LogP contribution in [0.15, 0.2) is 157 Å². The minimum Gasteiger partial charge on any atom is -0.255 e. The molecule has 0 atom stereocenters. The fraction of sp³-hybridized carbons (Fsp3) is 0. The van der Waals surface area contributed by atoms with Gasteiger partial charge in [-0.2, -0.15) is 0 Å². The van der Waals surface area contributed by atoms with E-state index in [1.807, 2.05) is 35.8 Å². The lowest BCUT2D eigenvalue weighted by atomic mass is 9.84. The van der Waals surface area contributed by atoms with Crippen LogP contribution in [0, 0.1) is 0 Å². The lowest BCUT2D eigenvalue weighted by molar-refractivity contribution is 1.33. The van der Waals surface area contributed by atoms with Crippen molar-refractivity contribution < 1.29 is 0 Å². The Kier molecular flexibility index (Phi) is 7.15. The average Bonchev–Trinajstić information content (AvgIpc) is 3.90. The summed E-state index contributed by atoms with van der Waals surface area (Å²) < 4.78 is 0. The van der Waals surface area contributed by atoms with E-state index in [9.17, 15) is 0 Å². The summed E-state index contributed by atoms with van der Waals surface area (Å²) in [4.78, 5) is 20.2. The predicted molar refractivity (Wildman–Crippen MR) is 201 cm³/mol. The molecule has 226 valence electrons. The smallest absolute Gasteiger partial charge is 0.0824 e. The fourth-order valence-corrected chi connectivity index (χ4v) is 7.88. The number of hydrogen-bond acceptors (Lipinski definition) is 6. The van der Waals surface area contributed by atoms with Crippen molar-refractivity contribution in [1.29, 1.82) is 0 Å². The van der Waals surface area contributed by atoms with Crippen LogP contribution in [-0.2, 0) is 0 Å². The van der Waals surface area contributed by atoms with Gasteiger partial charge < -0.3 is 0 Å². The lowest BCUT2D eigenvalue weighted by Gasteiger charge is -2.19. The average molecular weight is 651 g/mol. The minimum atomic E-state index is 0.921. The summed E-state index contributed by atoms with van der Waals surface area (Å²) in [5.74, 6) is 0. The Morgan fingerprint density at radius 3 is 1.50 bits per heavy atom. The van der Waals surface area contributed by atoms with E-state index in [-0.39, 0.29) is 0 Å². The van der Waals surface area contributed by atoms with Crippen LogP contribution in [0.2, 0.25) is 0 Å². The number of benzene rings is 5. The molecule has 9 aromatic rings. The third-order valence-electron chi connectivity index (χ3n) is 8.81. The zero-order valence-corrected chi connectivity index (χ0v) is 27.2. The van der Waals surface area contributed by atoms with E-state index in [1.54, 1.807) is 22.7 Å². The van der Waals surface area contributed by atoms with Crippen molar-refractivity contribution in [2.24, 2.45) is 0 Å². The molecular weight excluding hydrogens is 625 g/mol. The van der Waals surface area contributed by atoms with Gasteiger partial charge in [-0.25, -0.2) is 0 Å². The number of pyridine rings is 2. The van der Waals surface area contributed by atoms with Crippen LogP contribution in [0.1, 0.15) is 0 Å². The molecule has 6 heteroatoms. The van der Waals surface area contributed by atoms with Crippen LogP contribution in [-0.4, -0.2) is 19.9 Å². The number of aromatic nitrogens is 4. The Balaban J connectivity index is 1.36. The van der Waals surface area contributed by atoms with Gasteiger partial charge in [-0.1, -0.05) is 91.0 Å². The van der Waals surface area contributed by atoms with Crippen LogP contribution >= 0.6 is 22.7 Å². The van der Waals surface area contributed by atoms with Crippen molar-refractivity contribution in [3.63, 3.8) is 0 Å². The van der Waals surface area contributed by atoms with Gasteiger partial charge in [0.25, 0.3) is 0 Å². The van der Waals surface area contributed by atoms with Gasteiger partial charge >= 0.3 is 0 Å². The topological polar surface area (TPSA) is 51.6 Å². The number of hydrogen-bond donors (Lipinski definition) is 0. The highest BCUT2D eigenvalue weighted by atomic mass is 32.1. The van der Waals surface area contributed by atoms with Gasteiger partial charge in [0.2, 0.25) is 0 Å². The Labute approximate surface area is 285 Å². The van der Waals surface area contributed by atoms with E-state index < -0.39 is 0 Å². The largest absolute Gasteiger partial charge is 0.255 e. The van der Waals surface area contributed by atoms with Crippen LogP contribution in [0.25, 0.3) is 87.2 Å². The summed E-state index contributed by atoms with van der Waals surface area (Å²) in [5, 5.41) is 4.74. The standard InChI is InChI=1S/C42H26N4S2/c1-2-8-27(9-3-1)31-10-4-5-11-32(31)28-14-15-35-36(20-28)42(30-17-19-46-38(22-30)40-24-44-26-48-40)34-13-7-6-12-33(34)41(35)29-16-18-45-37(21-29)39-23-43-25-47-39/h1-26H. The molecule has 0 saturated heterocycles. The molecule has 0 fully saturated rings. The first-order valence-corrected chi connectivity index (χ1v) is 17.4. The number of nitrogens with zero attached hydrogens (tertiary/aromatic N) is 4. The van der Waals surface area contributed by atoms with Gasteiger partial charge in [-0.3, -0.25) is 19.9 Å². The van der Waals surface area contributed by atoms with E-state index in [1.165, 1.54) is 54.9 Å². The molecule has 4 nitrogen and oxygen atoms in total. The Morgan fingerprint density at radius 2 is 0.917 bits per heavy atom. The van der Waals surface area contributed by atoms with E-state index in [2.05, 4.69) is 131 Å². The van der Waals surface area contributed by atoms with Crippen LogP contribution in [0.4, 0.5) is 0 Å². The van der Waals surface area contributed by atoms with Crippen LogP contribution < -0.4 is 0 Å². The number of rotatable bonds is 6. The van der Waals surface area contributed by atoms with E-state index in [0.717, 1.165) is 32.3 Å². The van der Waals surface area contributed by atoms with Crippen molar-refractivity contribution in [3.05, 3.63) is 157 Å². The molecule has 4 aromatic heterocycles. The zero-order chi connectivity index (χ0) is 31.9. The SMILES string of the molecule is c1ccc(-c2ccccc2-c2ccc3c(-c4ccnc(-c5cncs5)c4)c4ccccc4c(-c4ccnc(-c5cncs5)c4)c3c2)cc1. The summed E-state index contributed by atoms with van der Waals surface area (Å²) in [6, 6.07) is 43.7. The highest BCUT2D eigenvalue weighted by Gasteiger charge is 2.19. The molecule has 0 aliphatic heterocycles. The fourth-order valence-electron chi connectivity index (χ4n) is 6.70. The first-order chi connectivity index (χ1) is 23.8. The van der Waals surface area contributed by atoms with Crippen LogP contribution in [0.3, 0.4) is 0 Å². The monoisotopic (exact) mass is 650 g/mol. The van der Waals surface area contributed by atoms with Crippen molar-refractivity contribution >= 4 is 44.2 Å². The first kappa shape index (κ1) is 28.4. The third-order valence-corrected chi connectivity index (χ3v) is 10.4. The lowest BCUT2D eigenvalue weighted by Crippen LogP contribution is -1.94. The second-order valence-corrected chi connectivity index (χ2v) is 13.3.